The predicted octanol–water partition coefficient (Wildman–Crippen LogP) is 3.81. The molecule has 132 valence electrons. The SMILES string of the molecule is C[C@H](NC(=O)c1[nH]cnc1C(=O)Nc1cccc(Cl)c1)c1ccccc1. The second kappa shape index (κ2) is 7.84. The molecule has 1 heterocycles. The monoisotopic (exact) mass is 368 g/mol. The highest BCUT2D eigenvalue weighted by molar-refractivity contribution is 6.31. The molecule has 0 bridgehead atoms. The molecule has 1 aromatic heterocycles. The standard InChI is InChI=1S/C19H17ClN4O2/c1-12(13-6-3-2-4-7-13)23-18(25)16-17(22-11-21-16)19(26)24-15-9-5-8-14(20)10-15/h2-12H,1H3,(H,21,22)(H,23,25)(H,24,26)/t12-/m0/s1. The van der Waals surface area contributed by atoms with Crippen LogP contribution in [0.25, 0.3) is 0 Å². The largest absolute Gasteiger partial charge is 0.344 e. The van der Waals surface area contributed by atoms with E-state index < -0.39 is 11.8 Å². The maximum absolute atomic E-state index is 12.5. The zero-order chi connectivity index (χ0) is 18.5. The van der Waals surface area contributed by atoms with Gasteiger partial charge in [0, 0.05) is 10.7 Å². The molecule has 0 aliphatic rings. The molecule has 0 spiro atoms. The summed E-state index contributed by atoms with van der Waals surface area (Å²) < 4.78 is 0. The molecule has 3 aromatic rings. The maximum atomic E-state index is 12.5. The Morgan fingerprint density at radius 3 is 2.58 bits per heavy atom. The van der Waals surface area contributed by atoms with Crippen molar-refractivity contribution in [2.75, 3.05) is 5.32 Å². The van der Waals surface area contributed by atoms with Crippen LogP contribution in [-0.4, -0.2) is 21.8 Å². The van der Waals surface area contributed by atoms with Crippen LogP contribution in [0.1, 0.15) is 39.5 Å². The van der Waals surface area contributed by atoms with Crippen molar-refractivity contribution in [2.45, 2.75) is 13.0 Å². The molecule has 3 N–H and O–H groups in total. The fraction of sp³-hybridized carbons (Fsp3) is 0.105. The number of hydrogen-bond donors (Lipinski definition) is 3. The zero-order valence-corrected chi connectivity index (χ0v) is 14.7. The van der Waals surface area contributed by atoms with Gasteiger partial charge in [0.05, 0.1) is 12.4 Å². The molecule has 0 saturated heterocycles. The molecule has 0 saturated carbocycles. The molecular formula is C19H17ClN4O2. The number of rotatable bonds is 5. The lowest BCUT2D eigenvalue weighted by molar-refractivity contribution is 0.0923. The third-order valence-corrected chi connectivity index (χ3v) is 4.05. The number of imidazole rings is 1. The molecule has 0 radical (unpaired) electrons. The Morgan fingerprint density at radius 1 is 1.08 bits per heavy atom. The minimum atomic E-state index is -0.494. The summed E-state index contributed by atoms with van der Waals surface area (Å²) in [5, 5.41) is 6.03. The van der Waals surface area contributed by atoms with Gasteiger partial charge in [0.1, 0.15) is 5.69 Å². The van der Waals surface area contributed by atoms with E-state index >= 15 is 0 Å². The van der Waals surface area contributed by atoms with E-state index in [0.29, 0.717) is 10.7 Å². The Bertz CT molecular complexity index is 924. The zero-order valence-electron chi connectivity index (χ0n) is 14.0. The molecule has 1 atom stereocenters. The van der Waals surface area contributed by atoms with Crippen molar-refractivity contribution in [2.24, 2.45) is 0 Å². The van der Waals surface area contributed by atoms with E-state index in [9.17, 15) is 9.59 Å². The fourth-order valence-corrected chi connectivity index (χ4v) is 2.68. The average molecular weight is 369 g/mol. The summed E-state index contributed by atoms with van der Waals surface area (Å²) in [5.41, 5.74) is 1.61. The number of anilines is 1. The summed E-state index contributed by atoms with van der Waals surface area (Å²) in [6.45, 7) is 1.87. The number of H-pyrrole nitrogens is 1. The van der Waals surface area contributed by atoms with Crippen LogP contribution in [-0.2, 0) is 0 Å². The number of halogens is 1. The Balaban J connectivity index is 1.73. The topological polar surface area (TPSA) is 86.9 Å². The van der Waals surface area contributed by atoms with E-state index in [4.69, 9.17) is 11.6 Å². The van der Waals surface area contributed by atoms with Crippen molar-refractivity contribution < 1.29 is 9.59 Å². The first kappa shape index (κ1) is 17.7. The summed E-state index contributed by atoms with van der Waals surface area (Å²) >= 11 is 5.91. The Kier molecular flexibility index (Phi) is 5.34. The quantitative estimate of drug-likeness (QED) is 0.640. The number of carbonyl (C=O) groups excluding carboxylic acids is 2. The normalized spacial score (nSPS) is 11.6. The second-order valence-electron chi connectivity index (χ2n) is 5.70. The van der Waals surface area contributed by atoms with Gasteiger partial charge in [-0.25, -0.2) is 4.98 Å². The van der Waals surface area contributed by atoms with Crippen LogP contribution in [0.15, 0.2) is 60.9 Å². The van der Waals surface area contributed by atoms with Crippen molar-refractivity contribution >= 4 is 29.1 Å². The Morgan fingerprint density at radius 2 is 1.85 bits per heavy atom. The fourth-order valence-electron chi connectivity index (χ4n) is 2.49. The first-order chi connectivity index (χ1) is 12.5. The third kappa shape index (κ3) is 4.10. The van der Waals surface area contributed by atoms with Crippen molar-refractivity contribution in [3.8, 4) is 0 Å². The lowest BCUT2D eigenvalue weighted by Crippen LogP contribution is -2.29. The van der Waals surface area contributed by atoms with E-state index in [-0.39, 0.29) is 17.4 Å². The highest BCUT2D eigenvalue weighted by Crippen LogP contribution is 2.17. The van der Waals surface area contributed by atoms with E-state index in [1.807, 2.05) is 37.3 Å². The van der Waals surface area contributed by atoms with Gasteiger partial charge in [-0.3, -0.25) is 9.59 Å². The van der Waals surface area contributed by atoms with Crippen LogP contribution >= 0.6 is 11.6 Å². The highest BCUT2D eigenvalue weighted by Gasteiger charge is 2.22. The van der Waals surface area contributed by atoms with Crippen molar-refractivity contribution in [3.63, 3.8) is 0 Å². The van der Waals surface area contributed by atoms with Gasteiger partial charge in [-0.2, -0.15) is 0 Å². The molecule has 6 nitrogen and oxygen atoms in total. The van der Waals surface area contributed by atoms with Crippen LogP contribution in [0, 0.1) is 0 Å². The molecule has 26 heavy (non-hydrogen) atoms. The number of aromatic amines is 1. The third-order valence-electron chi connectivity index (χ3n) is 3.81. The number of aromatic nitrogens is 2. The average Bonchev–Trinajstić information content (AvgIpc) is 3.12. The molecule has 0 aliphatic carbocycles. The van der Waals surface area contributed by atoms with Gasteiger partial charge in [-0.15, -0.1) is 0 Å². The first-order valence-electron chi connectivity index (χ1n) is 8.00. The number of nitrogens with zero attached hydrogens (tertiary/aromatic N) is 1. The lowest BCUT2D eigenvalue weighted by Gasteiger charge is -2.14. The molecule has 0 aliphatic heterocycles. The molecule has 0 unspecified atom stereocenters. The lowest BCUT2D eigenvalue weighted by atomic mass is 10.1. The minimum absolute atomic E-state index is 0.0164. The van der Waals surface area contributed by atoms with Gasteiger partial charge >= 0.3 is 0 Å². The summed E-state index contributed by atoms with van der Waals surface area (Å²) in [5.74, 6) is -0.902. The minimum Gasteiger partial charge on any atom is -0.344 e. The van der Waals surface area contributed by atoms with Crippen molar-refractivity contribution in [1.82, 2.24) is 15.3 Å². The molecule has 3 rings (SSSR count). The van der Waals surface area contributed by atoms with Gasteiger partial charge in [0.15, 0.2) is 5.69 Å². The van der Waals surface area contributed by atoms with Crippen LogP contribution in [0.4, 0.5) is 5.69 Å². The number of nitrogens with one attached hydrogen (secondary N) is 3. The number of amides is 2. The van der Waals surface area contributed by atoms with Crippen molar-refractivity contribution in [3.05, 3.63) is 82.9 Å². The highest BCUT2D eigenvalue weighted by atomic mass is 35.5. The van der Waals surface area contributed by atoms with Crippen molar-refractivity contribution in [1.29, 1.82) is 0 Å². The van der Waals surface area contributed by atoms with Crippen LogP contribution in [0.2, 0.25) is 5.02 Å². The summed E-state index contributed by atoms with van der Waals surface area (Å²) in [6.07, 6.45) is 1.31. The Labute approximate surface area is 155 Å². The second-order valence-corrected chi connectivity index (χ2v) is 6.13. The van der Waals surface area contributed by atoms with Gasteiger partial charge < -0.3 is 15.6 Å². The van der Waals surface area contributed by atoms with Gasteiger partial charge in [0.25, 0.3) is 11.8 Å². The molecular weight excluding hydrogens is 352 g/mol. The van der Waals surface area contributed by atoms with Crippen LogP contribution in [0.5, 0.6) is 0 Å². The molecule has 7 heteroatoms. The van der Waals surface area contributed by atoms with Crippen LogP contribution in [0.3, 0.4) is 0 Å². The Hall–Kier alpha value is -3.12. The number of hydrogen-bond acceptors (Lipinski definition) is 3. The van der Waals surface area contributed by atoms with Crippen LogP contribution < -0.4 is 10.6 Å². The van der Waals surface area contributed by atoms with E-state index in [2.05, 4.69) is 20.6 Å². The summed E-state index contributed by atoms with van der Waals surface area (Å²) in [4.78, 5) is 31.7. The van der Waals surface area contributed by atoms with E-state index in [1.54, 1.807) is 24.3 Å². The number of carbonyl (C=O) groups is 2. The summed E-state index contributed by atoms with van der Waals surface area (Å²) in [7, 11) is 0. The molecule has 2 amide bonds. The predicted molar refractivity (Wildman–Crippen MR) is 100 cm³/mol. The van der Waals surface area contributed by atoms with E-state index in [0.717, 1.165) is 5.56 Å². The molecule has 2 aromatic carbocycles. The van der Waals surface area contributed by atoms with E-state index in [1.165, 1.54) is 6.33 Å². The summed E-state index contributed by atoms with van der Waals surface area (Å²) in [6, 6.07) is 16.1. The first-order valence-corrected chi connectivity index (χ1v) is 8.38. The maximum Gasteiger partial charge on any atom is 0.276 e. The molecule has 0 fully saturated rings. The smallest absolute Gasteiger partial charge is 0.276 e. The van der Waals surface area contributed by atoms with Gasteiger partial charge in [-0.05, 0) is 30.7 Å². The number of benzene rings is 2. The van der Waals surface area contributed by atoms with Gasteiger partial charge in [0.2, 0.25) is 0 Å². The van der Waals surface area contributed by atoms with Gasteiger partial charge in [-0.1, -0.05) is 48.0 Å².